The number of carbonyl (C=O) groups is 5. The number of amides is 3. The molecule has 0 spiro atoms. The fraction of sp³-hybridized carbons (Fsp3) is 0.326. The second kappa shape index (κ2) is 20.4. The molecule has 3 atom stereocenters. The standard InChI is InChI=1S/C43H49N3O11/c1-27(39(48)55-25-28-14-10-8-11-15-28)44-38(47)37(46-42(51)57-43(2,3)4)31-19-21-36(53-6)33(24-31)32-22-30(18-20-35(32)52-5)23-34(40(49)54-7)45-41(50)56-26-29-16-12-9-13-17-29/h8-22,24,27,34,37H,23,25-26H2,1-7H3,(H,44,47)(H,45,50)(H,46,51)/t27-,34-,37-/m0/s1. The van der Waals surface area contributed by atoms with Crippen molar-refractivity contribution in [2.45, 2.75) is 71.1 Å². The molecule has 0 fully saturated rings. The Labute approximate surface area is 332 Å². The van der Waals surface area contributed by atoms with Crippen LogP contribution >= 0.6 is 0 Å². The molecule has 3 N–H and O–H groups in total. The predicted molar refractivity (Wildman–Crippen MR) is 210 cm³/mol. The Morgan fingerprint density at radius 2 is 1.18 bits per heavy atom. The van der Waals surface area contributed by atoms with Gasteiger partial charge < -0.3 is 44.4 Å². The van der Waals surface area contributed by atoms with Crippen LogP contribution in [0, 0.1) is 0 Å². The van der Waals surface area contributed by atoms with Crippen molar-refractivity contribution in [2.75, 3.05) is 21.3 Å². The quantitative estimate of drug-likeness (QED) is 0.0872. The van der Waals surface area contributed by atoms with Crippen LogP contribution in [0.15, 0.2) is 97.1 Å². The first-order chi connectivity index (χ1) is 27.2. The fourth-order valence-corrected chi connectivity index (χ4v) is 5.62. The Bertz CT molecular complexity index is 2000. The van der Waals surface area contributed by atoms with E-state index < -0.39 is 53.8 Å². The molecule has 4 rings (SSSR count). The van der Waals surface area contributed by atoms with Gasteiger partial charge in [0.1, 0.15) is 48.4 Å². The molecule has 4 aromatic carbocycles. The van der Waals surface area contributed by atoms with Gasteiger partial charge in [-0.1, -0.05) is 72.8 Å². The summed E-state index contributed by atoms with van der Waals surface area (Å²) in [5, 5.41) is 7.86. The zero-order valence-corrected chi connectivity index (χ0v) is 33.1. The van der Waals surface area contributed by atoms with Gasteiger partial charge in [0.2, 0.25) is 5.91 Å². The van der Waals surface area contributed by atoms with Crippen LogP contribution in [-0.4, -0.2) is 69.0 Å². The minimum absolute atomic E-state index is 0.00242. The summed E-state index contributed by atoms with van der Waals surface area (Å²) in [6, 6.07) is 24.7. The molecule has 0 radical (unpaired) electrons. The third-order valence-electron chi connectivity index (χ3n) is 8.40. The zero-order chi connectivity index (χ0) is 41.5. The molecule has 0 aliphatic rings. The van der Waals surface area contributed by atoms with E-state index in [1.807, 2.05) is 48.5 Å². The first-order valence-electron chi connectivity index (χ1n) is 18.1. The van der Waals surface area contributed by atoms with E-state index in [0.717, 1.165) is 11.1 Å². The summed E-state index contributed by atoms with van der Waals surface area (Å²) >= 11 is 0. The zero-order valence-electron chi connectivity index (χ0n) is 33.1. The first-order valence-corrected chi connectivity index (χ1v) is 18.1. The highest BCUT2D eigenvalue weighted by Gasteiger charge is 2.30. The summed E-state index contributed by atoms with van der Waals surface area (Å²) in [5.74, 6) is -1.29. The smallest absolute Gasteiger partial charge is 0.408 e. The molecule has 0 saturated carbocycles. The SMILES string of the molecule is COC(=O)[C@H](Cc1ccc(OC)c(-c2cc([C@H](NC(=O)OC(C)(C)C)C(=O)N[C@@H](C)C(=O)OCc3ccccc3)ccc2OC)c1)NC(=O)OCc1ccccc1. The fourth-order valence-electron chi connectivity index (χ4n) is 5.62. The Morgan fingerprint density at radius 1 is 0.614 bits per heavy atom. The lowest BCUT2D eigenvalue weighted by atomic mass is 9.94. The van der Waals surface area contributed by atoms with E-state index in [1.54, 1.807) is 69.3 Å². The molecule has 0 unspecified atom stereocenters. The van der Waals surface area contributed by atoms with Gasteiger partial charge >= 0.3 is 24.1 Å². The van der Waals surface area contributed by atoms with Crippen LogP contribution in [0.4, 0.5) is 9.59 Å². The molecule has 4 aromatic rings. The molecule has 0 heterocycles. The van der Waals surface area contributed by atoms with Crippen molar-refractivity contribution in [3.05, 3.63) is 119 Å². The van der Waals surface area contributed by atoms with Gasteiger partial charge in [-0.25, -0.2) is 19.2 Å². The van der Waals surface area contributed by atoms with Gasteiger partial charge in [-0.05, 0) is 74.2 Å². The van der Waals surface area contributed by atoms with E-state index in [0.29, 0.717) is 33.8 Å². The summed E-state index contributed by atoms with van der Waals surface area (Å²) in [6.07, 6.45) is -1.67. The molecular formula is C43H49N3O11. The van der Waals surface area contributed by atoms with Gasteiger partial charge in [0, 0.05) is 17.5 Å². The average molecular weight is 784 g/mol. The largest absolute Gasteiger partial charge is 0.496 e. The normalized spacial score (nSPS) is 12.5. The molecule has 3 amide bonds. The molecule has 14 heteroatoms. The van der Waals surface area contributed by atoms with Crippen LogP contribution in [0.5, 0.6) is 11.5 Å². The van der Waals surface area contributed by atoms with Crippen molar-refractivity contribution in [2.24, 2.45) is 0 Å². The summed E-state index contributed by atoms with van der Waals surface area (Å²) in [5.41, 5.74) is 2.53. The van der Waals surface area contributed by atoms with E-state index >= 15 is 0 Å². The maximum atomic E-state index is 13.9. The molecule has 302 valence electrons. The highest BCUT2D eigenvalue weighted by molar-refractivity contribution is 5.91. The van der Waals surface area contributed by atoms with E-state index in [2.05, 4.69) is 16.0 Å². The first kappa shape index (κ1) is 43.2. The van der Waals surface area contributed by atoms with Crippen LogP contribution in [-0.2, 0) is 53.0 Å². The average Bonchev–Trinajstić information content (AvgIpc) is 3.20. The number of hydrogen-bond donors (Lipinski definition) is 3. The van der Waals surface area contributed by atoms with Crippen molar-refractivity contribution in [1.29, 1.82) is 0 Å². The monoisotopic (exact) mass is 783 g/mol. The highest BCUT2D eigenvalue weighted by Crippen LogP contribution is 2.39. The topological polar surface area (TPSA) is 177 Å². The third kappa shape index (κ3) is 13.0. The lowest BCUT2D eigenvalue weighted by Gasteiger charge is -2.25. The van der Waals surface area contributed by atoms with Gasteiger partial charge in [0.05, 0.1) is 21.3 Å². The van der Waals surface area contributed by atoms with Crippen LogP contribution in [0.25, 0.3) is 11.1 Å². The third-order valence-corrected chi connectivity index (χ3v) is 8.40. The number of rotatable bonds is 16. The number of ether oxygens (including phenoxy) is 6. The van der Waals surface area contributed by atoms with Gasteiger partial charge in [0.25, 0.3) is 0 Å². The molecule has 0 aliphatic carbocycles. The molecule has 0 aliphatic heterocycles. The van der Waals surface area contributed by atoms with Crippen molar-refractivity contribution >= 4 is 30.0 Å². The maximum absolute atomic E-state index is 13.9. The van der Waals surface area contributed by atoms with E-state index in [4.69, 9.17) is 28.4 Å². The number of carbonyl (C=O) groups excluding carboxylic acids is 5. The summed E-state index contributed by atoms with van der Waals surface area (Å²) in [6.45, 7) is 6.55. The summed E-state index contributed by atoms with van der Waals surface area (Å²) in [4.78, 5) is 65.5. The number of benzene rings is 4. The lowest BCUT2D eigenvalue weighted by Crippen LogP contribution is -2.47. The number of methoxy groups -OCH3 is 3. The second-order valence-corrected chi connectivity index (χ2v) is 13.9. The van der Waals surface area contributed by atoms with Gasteiger partial charge in [-0.15, -0.1) is 0 Å². The summed E-state index contributed by atoms with van der Waals surface area (Å²) < 4.78 is 32.6. The van der Waals surface area contributed by atoms with Crippen molar-refractivity contribution in [1.82, 2.24) is 16.0 Å². The number of nitrogens with one attached hydrogen (secondary N) is 3. The Balaban J connectivity index is 1.64. The number of hydrogen-bond acceptors (Lipinski definition) is 11. The minimum Gasteiger partial charge on any atom is -0.496 e. The minimum atomic E-state index is -1.35. The van der Waals surface area contributed by atoms with Crippen molar-refractivity contribution in [3.63, 3.8) is 0 Å². The Hall–Kier alpha value is -6.57. The van der Waals surface area contributed by atoms with Gasteiger partial charge in [-0.2, -0.15) is 0 Å². The van der Waals surface area contributed by atoms with E-state index in [1.165, 1.54) is 28.3 Å². The molecule has 57 heavy (non-hydrogen) atoms. The van der Waals surface area contributed by atoms with Crippen LogP contribution in [0.3, 0.4) is 0 Å². The number of esters is 2. The predicted octanol–water partition coefficient (Wildman–Crippen LogP) is 6.20. The van der Waals surface area contributed by atoms with Crippen molar-refractivity contribution < 1.29 is 52.4 Å². The van der Waals surface area contributed by atoms with Crippen molar-refractivity contribution in [3.8, 4) is 22.6 Å². The molecule has 0 bridgehead atoms. The lowest BCUT2D eigenvalue weighted by molar-refractivity contribution is -0.148. The molecule has 14 nitrogen and oxygen atoms in total. The molecule has 0 aromatic heterocycles. The maximum Gasteiger partial charge on any atom is 0.408 e. The van der Waals surface area contributed by atoms with E-state index in [9.17, 15) is 24.0 Å². The molecule has 0 saturated heterocycles. The van der Waals surface area contributed by atoms with Gasteiger partial charge in [0.15, 0.2) is 0 Å². The Kier molecular flexibility index (Phi) is 15.4. The highest BCUT2D eigenvalue weighted by atomic mass is 16.6. The van der Waals surface area contributed by atoms with Gasteiger partial charge in [-0.3, -0.25) is 4.79 Å². The van der Waals surface area contributed by atoms with Crippen LogP contribution in [0.1, 0.15) is 56.0 Å². The van der Waals surface area contributed by atoms with E-state index in [-0.39, 0.29) is 19.6 Å². The summed E-state index contributed by atoms with van der Waals surface area (Å²) in [7, 11) is 4.17. The van der Waals surface area contributed by atoms with Crippen LogP contribution in [0.2, 0.25) is 0 Å². The Morgan fingerprint density at radius 3 is 1.74 bits per heavy atom. The van der Waals surface area contributed by atoms with Crippen LogP contribution < -0.4 is 25.4 Å². The molecular weight excluding hydrogens is 734 g/mol. The number of alkyl carbamates (subject to hydrolysis) is 2. The second-order valence-electron chi connectivity index (χ2n) is 13.9.